The molecule has 2 fully saturated rings. The van der Waals surface area contributed by atoms with Crippen molar-refractivity contribution >= 4 is 92.5 Å². The maximum absolute atomic E-state index is 14.1. The third-order valence-corrected chi connectivity index (χ3v) is 12.8. The molecular weight excluding hydrogens is 955 g/mol. The van der Waals surface area contributed by atoms with Gasteiger partial charge in [0.05, 0.1) is 44.2 Å². The maximum Gasteiger partial charge on any atom is 0.305 e. The van der Waals surface area contributed by atoms with Crippen LogP contribution in [0.3, 0.4) is 0 Å². The van der Waals surface area contributed by atoms with E-state index in [4.69, 9.17) is 17.2 Å². The van der Waals surface area contributed by atoms with Gasteiger partial charge in [-0.2, -0.15) is 0 Å². The van der Waals surface area contributed by atoms with E-state index in [1.807, 2.05) is 0 Å². The quantitative estimate of drug-likeness (QED) is 0.0568. The highest BCUT2D eigenvalue weighted by Crippen LogP contribution is 2.23. The van der Waals surface area contributed by atoms with Gasteiger partial charge in [-0.25, -0.2) is 0 Å². The molecule has 0 spiro atoms. The fourth-order valence-corrected chi connectivity index (χ4v) is 9.03. The second kappa shape index (κ2) is 29.9. The minimum absolute atomic E-state index is 0.00503. The number of hydrogen-bond donors (Lipinski definition) is 15. The van der Waals surface area contributed by atoms with E-state index in [1.54, 1.807) is 6.92 Å². The molecule has 0 bridgehead atoms. The highest BCUT2D eigenvalue weighted by atomic mass is 33.1. The summed E-state index contributed by atoms with van der Waals surface area (Å²) in [6.07, 6.45) is -4.02. The van der Waals surface area contributed by atoms with Gasteiger partial charge in [0.15, 0.2) is 0 Å². The molecule has 2 rings (SSSR count). The summed E-state index contributed by atoms with van der Waals surface area (Å²) in [4.78, 5) is 159. The molecule has 0 radical (unpaired) electrons. The molecule has 0 aromatic heterocycles. The molecule has 30 heteroatoms. The van der Waals surface area contributed by atoms with E-state index in [9.17, 15) is 72.9 Å². The number of likely N-dealkylation sites (N-methyl/N-ethyl adjacent to an activating group) is 1. The average molecular weight is 1020 g/mol. The third-order valence-electron chi connectivity index (χ3n) is 10.3. The number of carbonyl (C=O) groups excluding carboxylic acids is 11. The molecule has 1 unspecified atom stereocenters. The van der Waals surface area contributed by atoms with E-state index in [2.05, 4.69) is 47.9 Å². The van der Waals surface area contributed by atoms with Crippen LogP contribution in [0.15, 0.2) is 0 Å². The number of rotatable bonds is 14. The van der Waals surface area contributed by atoms with E-state index in [0.717, 1.165) is 33.4 Å². The Hall–Kier alpha value is -5.82. The van der Waals surface area contributed by atoms with E-state index in [1.165, 1.54) is 6.92 Å². The summed E-state index contributed by atoms with van der Waals surface area (Å²) >= 11 is 0. The topological polar surface area (TPSA) is 455 Å². The van der Waals surface area contributed by atoms with Crippen LogP contribution >= 0.6 is 21.6 Å². The molecule has 0 aliphatic carbocycles. The molecule has 0 saturated carbocycles. The Balaban J connectivity index is 2.58. The molecule has 2 aliphatic heterocycles. The Morgan fingerprint density at radius 1 is 0.754 bits per heavy atom. The van der Waals surface area contributed by atoms with Crippen LogP contribution in [0, 0.1) is 0 Å². The molecule has 2 heterocycles. The smallest absolute Gasteiger partial charge is 0.305 e. The summed E-state index contributed by atoms with van der Waals surface area (Å²) in [6.45, 7) is 2.93. The van der Waals surface area contributed by atoms with Crippen molar-refractivity contribution in [2.24, 2.45) is 17.2 Å². The highest BCUT2D eigenvalue weighted by Gasteiger charge is 2.41. The second-order valence-corrected chi connectivity index (χ2v) is 18.6. The minimum Gasteiger partial charge on any atom is -0.481 e. The van der Waals surface area contributed by atoms with Crippen LogP contribution in [0.5, 0.6) is 0 Å². The molecule has 28 nitrogen and oxygen atoms in total. The van der Waals surface area contributed by atoms with Crippen LogP contribution < -0.4 is 65.1 Å². The van der Waals surface area contributed by atoms with Gasteiger partial charge in [0.2, 0.25) is 65.0 Å². The number of aliphatic hydroxyl groups is 2. The van der Waals surface area contributed by atoms with E-state index < -0.39 is 157 Å². The Morgan fingerprint density at radius 2 is 1.35 bits per heavy atom. The minimum atomic E-state index is -1.93. The zero-order valence-corrected chi connectivity index (χ0v) is 40.0. The molecule has 11 amide bonds. The van der Waals surface area contributed by atoms with Gasteiger partial charge in [0.1, 0.15) is 42.3 Å². The maximum atomic E-state index is 14.1. The fraction of sp³-hybridized carbons (Fsp3) is 0.692. The fourth-order valence-electron chi connectivity index (χ4n) is 6.75. The number of aliphatic carboxylic acids is 1. The van der Waals surface area contributed by atoms with Crippen molar-refractivity contribution in [1.82, 2.24) is 52.8 Å². The van der Waals surface area contributed by atoms with E-state index >= 15 is 0 Å². The number of carboxylic acids is 1. The van der Waals surface area contributed by atoms with Crippen LogP contribution in [0.25, 0.3) is 0 Å². The highest BCUT2D eigenvalue weighted by molar-refractivity contribution is 8.76. The van der Waals surface area contributed by atoms with Crippen molar-refractivity contribution in [1.29, 1.82) is 0 Å². The lowest BCUT2D eigenvalue weighted by Gasteiger charge is -2.31. The Kier molecular flexibility index (Phi) is 25.7. The standard InChI is InChI=1S/C39H65N13O15S2/c1-4-43-27(56)14-44-34(62)24-17-69-68-16-20(41)32(60)50-30(18(2)53)37(65)47-21(8-5-6-10-40)39(67)52-11-7-9-25(52)36(64)51-31(19(3)54)38(66)48-23(13-29(58)59)33(61)45-15-28(57)46-22(12-26(42)55)35(63)49-24/h18-25,30-31,53-54H,4-17,40-41H2,1-3H3,(H2,42,55)(H,43,56)(H,44,62)(H,45,61)(H,46,57)(H,47,65)(H,48,66)(H,49,63)(H,50,60)(H,51,64)(H,58,59)/t18-,19-,20+,21+,22+,23+,24+,25+,30?,31+/m1/s1. The van der Waals surface area contributed by atoms with Crippen LogP contribution in [-0.2, 0) is 57.5 Å². The van der Waals surface area contributed by atoms with Crippen molar-refractivity contribution in [3.05, 3.63) is 0 Å². The number of aliphatic hydroxyl groups excluding tert-OH is 2. The molecular formula is C39H65N13O15S2. The SMILES string of the molecule is CCNC(=O)CNC(=O)[C@@H]1CSSC[C@H](N)C(=O)NC([C@@H](C)O)C(=O)N[C@@H](CCCCN)C(=O)N2CCC[C@H]2C(=O)N[C@@H]([C@@H](C)O)C(=O)N[C@@H](CC(=O)O)C(=O)NCC(=O)N[C@@H](CC(N)=O)C(=O)N1. The van der Waals surface area contributed by atoms with Gasteiger partial charge in [-0.3, -0.25) is 57.5 Å². The second-order valence-electron chi connectivity index (χ2n) is 16.1. The molecule has 0 aromatic rings. The molecule has 388 valence electrons. The number of nitrogens with one attached hydrogen (secondary N) is 9. The van der Waals surface area contributed by atoms with Gasteiger partial charge in [-0.05, 0) is 59.4 Å². The van der Waals surface area contributed by atoms with E-state index in [0.29, 0.717) is 12.8 Å². The van der Waals surface area contributed by atoms with E-state index in [-0.39, 0.29) is 50.4 Å². The summed E-state index contributed by atoms with van der Waals surface area (Å²) in [5.74, 6) is -13.0. The van der Waals surface area contributed by atoms with Crippen LogP contribution in [-0.4, -0.2) is 196 Å². The van der Waals surface area contributed by atoms with Crippen molar-refractivity contribution in [3.8, 4) is 0 Å². The number of hydrogen-bond acceptors (Lipinski definition) is 18. The van der Waals surface area contributed by atoms with Crippen LogP contribution in [0.4, 0.5) is 0 Å². The summed E-state index contributed by atoms with van der Waals surface area (Å²) in [6, 6.07) is -12.6. The molecule has 0 aromatic carbocycles. The molecule has 69 heavy (non-hydrogen) atoms. The lowest BCUT2D eigenvalue weighted by Crippen LogP contribution is -2.62. The van der Waals surface area contributed by atoms with Gasteiger partial charge >= 0.3 is 5.97 Å². The summed E-state index contributed by atoms with van der Waals surface area (Å²) < 4.78 is 0. The first-order chi connectivity index (χ1) is 32.5. The number of carboxylic acid groups (broad SMARTS) is 1. The number of nitrogens with zero attached hydrogens (tertiary/aromatic N) is 1. The lowest BCUT2D eigenvalue weighted by molar-refractivity contribution is -0.144. The monoisotopic (exact) mass is 1020 g/mol. The van der Waals surface area contributed by atoms with Gasteiger partial charge < -0.3 is 85.3 Å². The van der Waals surface area contributed by atoms with Gasteiger partial charge in [0, 0.05) is 24.6 Å². The van der Waals surface area contributed by atoms with Gasteiger partial charge in [-0.15, -0.1) is 0 Å². The van der Waals surface area contributed by atoms with Crippen molar-refractivity contribution in [2.75, 3.05) is 44.2 Å². The molecule has 18 N–H and O–H groups in total. The Bertz CT molecular complexity index is 1880. The van der Waals surface area contributed by atoms with Gasteiger partial charge in [0.25, 0.3) is 0 Å². The van der Waals surface area contributed by atoms with Crippen LogP contribution in [0.1, 0.15) is 65.7 Å². The third kappa shape index (κ3) is 20.4. The Labute approximate surface area is 404 Å². The first-order valence-electron chi connectivity index (χ1n) is 22.0. The average Bonchev–Trinajstić information content (AvgIpc) is 3.77. The zero-order chi connectivity index (χ0) is 52.0. The largest absolute Gasteiger partial charge is 0.481 e. The van der Waals surface area contributed by atoms with Crippen molar-refractivity contribution in [2.45, 2.75) is 126 Å². The van der Waals surface area contributed by atoms with Crippen molar-refractivity contribution < 1.29 is 72.9 Å². The predicted molar refractivity (Wildman–Crippen MR) is 246 cm³/mol. The normalized spacial score (nSPS) is 26.6. The molecule has 2 saturated heterocycles. The van der Waals surface area contributed by atoms with Crippen LogP contribution in [0.2, 0.25) is 0 Å². The number of primary amides is 1. The summed E-state index contributed by atoms with van der Waals surface area (Å²) in [5, 5.41) is 51.6. The summed E-state index contributed by atoms with van der Waals surface area (Å²) in [7, 11) is 1.86. The summed E-state index contributed by atoms with van der Waals surface area (Å²) in [5.41, 5.74) is 17.1. The number of carbonyl (C=O) groups is 12. The number of nitrogens with two attached hydrogens (primary N) is 3. The Morgan fingerprint density at radius 3 is 1.93 bits per heavy atom. The molecule has 2 aliphatic rings. The first kappa shape index (κ1) is 59.3. The first-order valence-corrected chi connectivity index (χ1v) is 24.5. The van der Waals surface area contributed by atoms with Crippen molar-refractivity contribution in [3.63, 3.8) is 0 Å². The number of unbranched alkanes of at least 4 members (excludes halogenated alkanes) is 1. The number of amides is 11. The van der Waals surface area contributed by atoms with Gasteiger partial charge in [-0.1, -0.05) is 21.6 Å². The zero-order valence-electron chi connectivity index (χ0n) is 38.4. The lowest BCUT2D eigenvalue weighted by atomic mass is 10.0. The number of fused-ring (bicyclic) bond motifs is 1. The molecule has 10 atom stereocenters. The predicted octanol–water partition coefficient (Wildman–Crippen LogP) is -7.78.